The van der Waals surface area contributed by atoms with Crippen LogP contribution >= 0.6 is 11.6 Å². The second-order valence-corrected chi connectivity index (χ2v) is 2.93. The number of hydrogen-bond acceptors (Lipinski definition) is 1. The van der Waals surface area contributed by atoms with Crippen LogP contribution in [0.4, 0.5) is 8.78 Å². The third-order valence-electron chi connectivity index (χ3n) is 1.64. The Morgan fingerprint density at radius 2 is 2.08 bits per heavy atom. The molecule has 0 aliphatic carbocycles. The van der Waals surface area contributed by atoms with Crippen LogP contribution < -0.4 is 5.73 Å². The Kier molecular flexibility index (Phi) is 3.01. The van der Waals surface area contributed by atoms with Gasteiger partial charge >= 0.3 is 0 Å². The van der Waals surface area contributed by atoms with E-state index in [0.717, 1.165) is 12.1 Å². The Morgan fingerprint density at radius 1 is 1.46 bits per heavy atom. The molecule has 0 spiro atoms. The normalized spacial score (nSPS) is 10.2. The van der Waals surface area contributed by atoms with E-state index in [1.807, 2.05) is 0 Å². The summed E-state index contributed by atoms with van der Waals surface area (Å²) in [7, 11) is 0. The first-order valence-electron chi connectivity index (χ1n) is 3.59. The molecule has 0 bridgehead atoms. The van der Waals surface area contributed by atoms with Crippen LogP contribution in [-0.2, 0) is 0 Å². The molecule has 1 nitrogen and oxygen atoms in total. The van der Waals surface area contributed by atoms with Crippen molar-refractivity contribution in [3.8, 4) is 0 Å². The highest BCUT2D eigenvalue weighted by Crippen LogP contribution is 2.25. The van der Waals surface area contributed by atoms with Gasteiger partial charge in [0.05, 0.1) is 10.6 Å². The standard InChI is InChI=1S/C9H8ClF2N/c1-5(4-13)8-7(11)3-2-6(10)9(8)12/h2-3H,1,4,13H2. The maximum Gasteiger partial charge on any atom is 0.152 e. The Hall–Kier alpha value is -0.930. The highest BCUT2D eigenvalue weighted by Gasteiger charge is 2.13. The summed E-state index contributed by atoms with van der Waals surface area (Å²) < 4.78 is 26.3. The van der Waals surface area contributed by atoms with Gasteiger partial charge < -0.3 is 5.73 Å². The van der Waals surface area contributed by atoms with E-state index in [2.05, 4.69) is 6.58 Å². The molecule has 0 fully saturated rings. The lowest BCUT2D eigenvalue weighted by Gasteiger charge is -2.06. The number of halogens is 3. The summed E-state index contributed by atoms with van der Waals surface area (Å²) in [4.78, 5) is 0. The number of benzene rings is 1. The molecule has 0 aliphatic heterocycles. The molecule has 1 aromatic rings. The van der Waals surface area contributed by atoms with Gasteiger partial charge in [-0.05, 0) is 17.7 Å². The summed E-state index contributed by atoms with van der Waals surface area (Å²) in [5.74, 6) is -1.51. The molecule has 0 radical (unpaired) electrons. The van der Waals surface area contributed by atoms with E-state index >= 15 is 0 Å². The van der Waals surface area contributed by atoms with E-state index < -0.39 is 11.6 Å². The molecule has 70 valence electrons. The van der Waals surface area contributed by atoms with Crippen LogP contribution in [0, 0.1) is 11.6 Å². The zero-order chi connectivity index (χ0) is 10.0. The monoisotopic (exact) mass is 203 g/mol. The third kappa shape index (κ3) is 1.87. The Bertz CT molecular complexity index is 350. The summed E-state index contributed by atoms with van der Waals surface area (Å²) in [6, 6.07) is 2.24. The molecular weight excluding hydrogens is 196 g/mol. The quantitative estimate of drug-likeness (QED) is 0.735. The molecule has 0 heterocycles. The van der Waals surface area contributed by atoms with Crippen LogP contribution in [0.3, 0.4) is 0 Å². The molecule has 0 saturated heterocycles. The second kappa shape index (κ2) is 3.85. The van der Waals surface area contributed by atoms with Gasteiger partial charge in [0.2, 0.25) is 0 Å². The Labute approximate surface area is 79.8 Å². The maximum atomic E-state index is 13.2. The van der Waals surface area contributed by atoms with E-state index in [1.54, 1.807) is 0 Å². The highest BCUT2D eigenvalue weighted by molar-refractivity contribution is 6.30. The van der Waals surface area contributed by atoms with Crippen LogP contribution in [0.25, 0.3) is 5.57 Å². The second-order valence-electron chi connectivity index (χ2n) is 2.53. The van der Waals surface area contributed by atoms with Gasteiger partial charge in [0, 0.05) is 6.54 Å². The van der Waals surface area contributed by atoms with E-state index in [9.17, 15) is 8.78 Å². The summed E-state index contributed by atoms with van der Waals surface area (Å²) in [6.07, 6.45) is 0. The molecule has 2 N–H and O–H groups in total. The first-order chi connectivity index (χ1) is 6.07. The predicted octanol–water partition coefficient (Wildman–Crippen LogP) is 2.59. The van der Waals surface area contributed by atoms with Gasteiger partial charge in [-0.1, -0.05) is 18.2 Å². The van der Waals surface area contributed by atoms with Crippen molar-refractivity contribution in [2.45, 2.75) is 0 Å². The molecule has 1 rings (SSSR count). The minimum Gasteiger partial charge on any atom is -0.326 e. The molecule has 1 aromatic carbocycles. The fraction of sp³-hybridized carbons (Fsp3) is 0.111. The number of nitrogens with two attached hydrogens (primary N) is 1. The van der Waals surface area contributed by atoms with Crippen molar-refractivity contribution in [3.05, 3.63) is 40.9 Å². The maximum absolute atomic E-state index is 13.2. The minimum atomic E-state index is -0.808. The van der Waals surface area contributed by atoms with Gasteiger partial charge in [0.1, 0.15) is 5.82 Å². The van der Waals surface area contributed by atoms with Gasteiger partial charge in [-0.25, -0.2) is 8.78 Å². The van der Waals surface area contributed by atoms with Crippen molar-refractivity contribution in [2.75, 3.05) is 6.54 Å². The number of rotatable bonds is 2. The fourth-order valence-corrected chi connectivity index (χ4v) is 1.11. The van der Waals surface area contributed by atoms with Crippen molar-refractivity contribution in [2.24, 2.45) is 5.73 Å². The van der Waals surface area contributed by atoms with Crippen molar-refractivity contribution in [3.63, 3.8) is 0 Å². The van der Waals surface area contributed by atoms with Gasteiger partial charge in [0.15, 0.2) is 5.82 Å². The SMILES string of the molecule is C=C(CN)c1c(F)ccc(Cl)c1F. The highest BCUT2D eigenvalue weighted by atomic mass is 35.5. The lowest BCUT2D eigenvalue weighted by molar-refractivity contribution is 0.576. The fourth-order valence-electron chi connectivity index (χ4n) is 0.953. The molecule has 4 heteroatoms. The van der Waals surface area contributed by atoms with E-state index in [4.69, 9.17) is 17.3 Å². The van der Waals surface area contributed by atoms with Crippen molar-refractivity contribution >= 4 is 17.2 Å². The van der Waals surface area contributed by atoms with E-state index in [0.29, 0.717) is 0 Å². The zero-order valence-corrected chi connectivity index (χ0v) is 7.54. The lowest BCUT2D eigenvalue weighted by atomic mass is 10.1. The number of hydrogen-bond donors (Lipinski definition) is 1. The topological polar surface area (TPSA) is 26.0 Å². The lowest BCUT2D eigenvalue weighted by Crippen LogP contribution is -2.05. The average Bonchev–Trinajstić information content (AvgIpc) is 2.12. The first-order valence-corrected chi connectivity index (χ1v) is 3.97. The van der Waals surface area contributed by atoms with E-state index in [1.165, 1.54) is 0 Å². The van der Waals surface area contributed by atoms with Crippen LogP contribution in [0.1, 0.15) is 5.56 Å². The summed E-state index contributed by atoms with van der Waals surface area (Å²) in [5, 5.41) is -0.133. The van der Waals surface area contributed by atoms with Gasteiger partial charge in [0.25, 0.3) is 0 Å². The molecule has 0 amide bonds. The van der Waals surface area contributed by atoms with Crippen LogP contribution in [0.5, 0.6) is 0 Å². The molecular formula is C9H8ClF2N. The molecule has 0 aromatic heterocycles. The average molecular weight is 204 g/mol. The van der Waals surface area contributed by atoms with Crippen LogP contribution in [0.15, 0.2) is 18.7 Å². The minimum absolute atomic E-state index is 0.00577. The summed E-state index contributed by atoms with van der Waals surface area (Å²) in [5.41, 5.74) is 5.18. The smallest absolute Gasteiger partial charge is 0.152 e. The summed E-state index contributed by atoms with van der Waals surface area (Å²) in [6.45, 7) is 3.44. The van der Waals surface area contributed by atoms with Crippen molar-refractivity contribution < 1.29 is 8.78 Å². The first kappa shape index (κ1) is 10.2. The Morgan fingerprint density at radius 3 is 2.62 bits per heavy atom. The Balaban J connectivity index is 3.33. The van der Waals surface area contributed by atoms with Crippen LogP contribution in [0.2, 0.25) is 5.02 Å². The summed E-state index contributed by atoms with van der Waals surface area (Å²) >= 11 is 5.46. The van der Waals surface area contributed by atoms with Crippen molar-refractivity contribution in [1.29, 1.82) is 0 Å². The molecule has 0 unspecified atom stereocenters. The largest absolute Gasteiger partial charge is 0.326 e. The van der Waals surface area contributed by atoms with Gasteiger partial charge in [-0.15, -0.1) is 0 Å². The van der Waals surface area contributed by atoms with E-state index in [-0.39, 0.29) is 22.7 Å². The van der Waals surface area contributed by atoms with Crippen LogP contribution in [-0.4, -0.2) is 6.54 Å². The van der Waals surface area contributed by atoms with Gasteiger partial charge in [-0.2, -0.15) is 0 Å². The zero-order valence-electron chi connectivity index (χ0n) is 6.78. The van der Waals surface area contributed by atoms with Crippen molar-refractivity contribution in [1.82, 2.24) is 0 Å². The van der Waals surface area contributed by atoms with Gasteiger partial charge in [-0.3, -0.25) is 0 Å². The molecule has 0 aliphatic rings. The third-order valence-corrected chi connectivity index (χ3v) is 1.94. The molecule has 0 saturated carbocycles. The molecule has 13 heavy (non-hydrogen) atoms. The molecule has 0 atom stereocenters. The predicted molar refractivity (Wildman–Crippen MR) is 49.5 cm³/mol.